The van der Waals surface area contributed by atoms with Crippen molar-refractivity contribution < 1.29 is 14.4 Å². The van der Waals surface area contributed by atoms with E-state index in [1.165, 1.54) is 0 Å². The van der Waals surface area contributed by atoms with Gasteiger partial charge < -0.3 is 16.0 Å². The number of carbonyl (C=O) groups is 3. The molecule has 24 heavy (non-hydrogen) atoms. The van der Waals surface area contributed by atoms with Crippen LogP contribution in [0.25, 0.3) is 0 Å². The van der Waals surface area contributed by atoms with Crippen LogP contribution in [0.5, 0.6) is 0 Å². The molecule has 1 aliphatic rings. The van der Waals surface area contributed by atoms with Gasteiger partial charge in [0.1, 0.15) is 6.17 Å². The molecule has 1 fully saturated rings. The van der Waals surface area contributed by atoms with Crippen LogP contribution in [-0.2, 0) is 9.59 Å². The number of para-hydroxylation sites is 2. The van der Waals surface area contributed by atoms with Gasteiger partial charge in [-0.3, -0.25) is 14.9 Å². The van der Waals surface area contributed by atoms with Crippen molar-refractivity contribution in [2.75, 3.05) is 10.6 Å². The Morgan fingerprint density at radius 1 is 0.875 bits per heavy atom. The third kappa shape index (κ3) is 3.52. The number of anilines is 2. The molecule has 0 aliphatic carbocycles. The van der Waals surface area contributed by atoms with Crippen LogP contribution in [0.15, 0.2) is 60.7 Å². The summed E-state index contributed by atoms with van der Waals surface area (Å²) in [6.45, 7) is 0. The van der Waals surface area contributed by atoms with E-state index >= 15 is 0 Å². The Labute approximate surface area is 138 Å². The van der Waals surface area contributed by atoms with Crippen molar-refractivity contribution in [2.24, 2.45) is 5.92 Å². The predicted molar refractivity (Wildman–Crippen MR) is 89.1 cm³/mol. The van der Waals surface area contributed by atoms with Gasteiger partial charge in [-0.2, -0.15) is 0 Å². The van der Waals surface area contributed by atoms with E-state index in [4.69, 9.17) is 0 Å². The summed E-state index contributed by atoms with van der Waals surface area (Å²) < 4.78 is 0. The van der Waals surface area contributed by atoms with Gasteiger partial charge >= 0.3 is 6.03 Å². The van der Waals surface area contributed by atoms with E-state index in [9.17, 15) is 14.4 Å². The lowest BCUT2D eigenvalue weighted by Crippen LogP contribution is -2.63. The van der Waals surface area contributed by atoms with Crippen molar-refractivity contribution in [2.45, 2.75) is 6.17 Å². The molecule has 2 aromatic carbocycles. The Morgan fingerprint density at radius 3 is 2.08 bits per heavy atom. The molecule has 0 bridgehead atoms. The average Bonchev–Trinajstić information content (AvgIpc) is 2.56. The molecule has 1 saturated heterocycles. The molecule has 1 heterocycles. The maximum absolute atomic E-state index is 12.5. The summed E-state index contributed by atoms with van der Waals surface area (Å²) in [5.74, 6) is -2.27. The van der Waals surface area contributed by atoms with Crippen LogP contribution >= 0.6 is 0 Å². The molecule has 0 saturated carbocycles. The van der Waals surface area contributed by atoms with Gasteiger partial charge in [0.05, 0.1) is 0 Å². The number of benzene rings is 2. The summed E-state index contributed by atoms with van der Waals surface area (Å²) in [5.41, 5.74) is 1.26. The molecule has 2 aromatic rings. The maximum Gasteiger partial charge on any atom is 0.323 e. The van der Waals surface area contributed by atoms with Gasteiger partial charge in [0.15, 0.2) is 5.92 Å². The van der Waals surface area contributed by atoms with E-state index in [0.29, 0.717) is 11.4 Å². The van der Waals surface area contributed by atoms with E-state index in [2.05, 4.69) is 21.3 Å². The minimum absolute atomic E-state index is 0.507. The van der Waals surface area contributed by atoms with Gasteiger partial charge in [0.25, 0.3) is 0 Å². The molecule has 122 valence electrons. The lowest BCUT2D eigenvalue weighted by molar-refractivity contribution is -0.133. The topological polar surface area (TPSA) is 99.3 Å². The van der Waals surface area contributed by atoms with Crippen molar-refractivity contribution in [1.82, 2.24) is 10.6 Å². The van der Waals surface area contributed by atoms with Crippen molar-refractivity contribution in [3.63, 3.8) is 0 Å². The fourth-order valence-electron chi connectivity index (χ4n) is 2.45. The number of hydrogen-bond acceptors (Lipinski definition) is 4. The maximum atomic E-state index is 12.5. The van der Waals surface area contributed by atoms with Crippen LogP contribution in [0.2, 0.25) is 0 Å². The van der Waals surface area contributed by atoms with E-state index in [0.717, 1.165) is 0 Å². The van der Waals surface area contributed by atoms with Crippen LogP contribution in [0.4, 0.5) is 16.2 Å². The Bertz CT molecular complexity index is 749. The van der Waals surface area contributed by atoms with Gasteiger partial charge in [-0.25, -0.2) is 4.79 Å². The van der Waals surface area contributed by atoms with E-state index in [-0.39, 0.29) is 0 Å². The third-order valence-corrected chi connectivity index (χ3v) is 3.56. The van der Waals surface area contributed by atoms with Gasteiger partial charge in [-0.15, -0.1) is 0 Å². The van der Waals surface area contributed by atoms with E-state index in [1.54, 1.807) is 36.4 Å². The van der Waals surface area contributed by atoms with Gasteiger partial charge in [-0.05, 0) is 24.3 Å². The molecule has 7 nitrogen and oxygen atoms in total. The fourth-order valence-corrected chi connectivity index (χ4v) is 2.45. The van der Waals surface area contributed by atoms with Crippen LogP contribution in [0.3, 0.4) is 0 Å². The first-order chi connectivity index (χ1) is 11.6. The molecule has 0 aromatic heterocycles. The number of rotatable bonds is 4. The molecule has 4 amide bonds. The largest absolute Gasteiger partial charge is 0.364 e. The highest BCUT2D eigenvalue weighted by atomic mass is 16.2. The molecule has 7 heteroatoms. The minimum Gasteiger partial charge on any atom is -0.364 e. The number of urea groups is 1. The third-order valence-electron chi connectivity index (χ3n) is 3.56. The Morgan fingerprint density at radius 2 is 1.46 bits per heavy atom. The second kappa shape index (κ2) is 6.82. The smallest absolute Gasteiger partial charge is 0.323 e. The molecule has 3 rings (SSSR count). The standard InChI is InChI=1S/C17H16N4O3/c22-15(19-12-9-5-2-6-10-12)13-14(20-17(24)21-16(13)23)18-11-7-3-1-4-8-11/h1-10,13-14,18H,(H,19,22)(H2,20,21,23,24). The average molecular weight is 324 g/mol. The van der Waals surface area contributed by atoms with Crippen LogP contribution in [-0.4, -0.2) is 24.0 Å². The highest BCUT2D eigenvalue weighted by Crippen LogP contribution is 2.16. The SMILES string of the molecule is O=C1NC(=O)C(C(=O)Nc2ccccc2)C(Nc2ccccc2)N1. The molecule has 2 atom stereocenters. The number of nitrogens with one attached hydrogen (secondary N) is 4. The van der Waals surface area contributed by atoms with E-state index < -0.39 is 29.9 Å². The molecule has 1 aliphatic heterocycles. The molecule has 4 N–H and O–H groups in total. The monoisotopic (exact) mass is 324 g/mol. The Hall–Kier alpha value is -3.35. The highest BCUT2D eigenvalue weighted by Gasteiger charge is 2.40. The zero-order chi connectivity index (χ0) is 16.9. The first-order valence-electron chi connectivity index (χ1n) is 7.42. The zero-order valence-electron chi connectivity index (χ0n) is 12.7. The summed E-state index contributed by atoms with van der Waals surface area (Å²) in [4.78, 5) is 36.3. The molecular formula is C17H16N4O3. The first-order valence-corrected chi connectivity index (χ1v) is 7.42. The van der Waals surface area contributed by atoms with Crippen molar-refractivity contribution in [1.29, 1.82) is 0 Å². The lowest BCUT2D eigenvalue weighted by atomic mass is 10.0. The number of amides is 4. The van der Waals surface area contributed by atoms with Gasteiger partial charge in [0, 0.05) is 11.4 Å². The lowest BCUT2D eigenvalue weighted by Gasteiger charge is -2.31. The van der Waals surface area contributed by atoms with Gasteiger partial charge in [-0.1, -0.05) is 36.4 Å². The molecule has 0 radical (unpaired) electrons. The zero-order valence-corrected chi connectivity index (χ0v) is 12.7. The minimum atomic E-state index is -1.11. The van der Waals surface area contributed by atoms with Gasteiger partial charge in [0.2, 0.25) is 11.8 Å². The summed E-state index contributed by atoms with van der Waals surface area (Å²) in [6.07, 6.45) is -0.850. The quantitative estimate of drug-likeness (QED) is 0.641. The second-order valence-corrected chi connectivity index (χ2v) is 5.28. The number of carbonyl (C=O) groups excluding carboxylic acids is 3. The summed E-state index contributed by atoms with van der Waals surface area (Å²) in [6, 6.07) is 17.2. The summed E-state index contributed by atoms with van der Waals surface area (Å²) in [5, 5.41) is 10.4. The number of imide groups is 1. The van der Waals surface area contributed by atoms with Crippen molar-refractivity contribution in [3.8, 4) is 0 Å². The van der Waals surface area contributed by atoms with Crippen molar-refractivity contribution in [3.05, 3.63) is 60.7 Å². The van der Waals surface area contributed by atoms with Crippen molar-refractivity contribution >= 4 is 29.2 Å². The molecule has 0 spiro atoms. The normalized spacial score (nSPS) is 19.8. The second-order valence-electron chi connectivity index (χ2n) is 5.28. The predicted octanol–water partition coefficient (Wildman–Crippen LogP) is 1.52. The fraction of sp³-hybridized carbons (Fsp3) is 0.118. The highest BCUT2D eigenvalue weighted by molar-refractivity contribution is 6.13. The van der Waals surface area contributed by atoms with Crippen LogP contribution in [0.1, 0.15) is 0 Å². The van der Waals surface area contributed by atoms with E-state index in [1.807, 2.05) is 24.3 Å². The summed E-state index contributed by atoms with van der Waals surface area (Å²) in [7, 11) is 0. The van der Waals surface area contributed by atoms with Crippen LogP contribution in [0, 0.1) is 5.92 Å². The number of hydrogen-bond donors (Lipinski definition) is 4. The molecular weight excluding hydrogens is 308 g/mol. The van der Waals surface area contributed by atoms with Crippen LogP contribution < -0.4 is 21.3 Å². The molecule has 2 unspecified atom stereocenters. The summed E-state index contributed by atoms with van der Waals surface area (Å²) >= 11 is 0. The first kappa shape index (κ1) is 15.5. The Kier molecular flexibility index (Phi) is 4.42. The Balaban J connectivity index is 1.79.